The summed E-state index contributed by atoms with van der Waals surface area (Å²) in [7, 11) is -22.4. The Bertz CT molecular complexity index is 1690. The van der Waals surface area contributed by atoms with Crippen LogP contribution in [0.3, 0.4) is 0 Å². The number of nitrogens with zero attached hydrogens (tertiary/aromatic N) is 1. The number of amides is 3. The number of rotatable bonds is 16. The minimum absolute atomic E-state index is 0. The number of benzene rings is 1. The second-order valence-electron chi connectivity index (χ2n) is 8.72. The van der Waals surface area contributed by atoms with Gasteiger partial charge in [-0.15, -0.1) is 0 Å². The summed E-state index contributed by atoms with van der Waals surface area (Å²) in [5.74, 6) is -2.55. The van der Waals surface area contributed by atoms with Crippen molar-refractivity contribution in [1.29, 1.82) is 0 Å². The molecule has 0 unspecified atom stereocenters. The maximum atomic E-state index is 12.6. The van der Waals surface area contributed by atoms with Gasteiger partial charge in [-0.05, 0) is 12.1 Å². The summed E-state index contributed by atoms with van der Waals surface area (Å²) in [6, 6.07) is 7.40. The fourth-order valence-electron chi connectivity index (χ4n) is 3.68. The smallest absolute Gasteiger partial charge is 0.352 e. The van der Waals surface area contributed by atoms with Gasteiger partial charge < -0.3 is 14.8 Å². The Kier molecular flexibility index (Phi) is 16.3. The molecule has 0 spiro atoms. The minimum Gasteiger partial charge on any atom is -0.352 e. The van der Waals surface area contributed by atoms with E-state index in [2.05, 4.69) is 22.0 Å². The predicted molar refractivity (Wildman–Crippen MR) is 143 cm³/mol. The number of hydrogen-bond acceptors (Lipinski definition) is 17. The van der Waals surface area contributed by atoms with Gasteiger partial charge in [0.25, 0.3) is 5.91 Å². The molecule has 5 atom stereocenters. The van der Waals surface area contributed by atoms with E-state index in [1.54, 1.807) is 6.07 Å². The zero-order valence-electron chi connectivity index (χ0n) is 23.9. The number of carbonyl (C=O) groups is 3. The Morgan fingerprint density at radius 3 is 1.81 bits per heavy atom. The van der Waals surface area contributed by atoms with Gasteiger partial charge in [-0.2, -0.15) is 33.7 Å². The van der Waals surface area contributed by atoms with Crippen molar-refractivity contribution in [2.45, 2.75) is 37.6 Å². The molecule has 0 aromatic heterocycles. The molecule has 0 saturated carbocycles. The molecular weight excluding hydrogens is 743 g/mol. The topological polar surface area (TPSA) is 339 Å². The third-order valence-electron chi connectivity index (χ3n) is 5.32. The molecule has 2 rings (SSSR count). The molecule has 1 aromatic carbocycles. The van der Waals surface area contributed by atoms with Crippen LogP contribution < -0.4 is 34.9 Å². The van der Waals surface area contributed by atoms with Gasteiger partial charge in [0.1, 0.15) is 24.9 Å². The number of hydrogen-bond donors (Lipinski definition) is 5. The SMILES string of the molecule is CC(=O)N(CC(=O)NCCO[C@@H]1O[C@H](COS(=O)(=O)O)[C@@H](OS(=O)(=O)O)[C@H](OS(=O)(=O)O)[C@@H]1OS(=O)(=O)O)C(=O)c1ccccc1.[Na+]. The summed E-state index contributed by atoms with van der Waals surface area (Å²) < 4.78 is 154. The Hall–Kier alpha value is -1.77. The van der Waals surface area contributed by atoms with Crippen LogP contribution in [-0.2, 0) is 77.4 Å². The van der Waals surface area contributed by atoms with Gasteiger partial charge in [0.2, 0.25) is 11.8 Å². The quantitative estimate of drug-likeness (QED) is 0.0593. The summed E-state index contributed by atoms with van der Waals surface area (Å²) in [6.07, 6.45) is -12.8. The van der Waals surface area contributed by atoms with E-state index in [0.717, 1.165) is 6.92 Å². The summed E-state index contributed by atoms with van der Waals surface area (Å²) >= 11 is 0. The molecule has 23 nitrogen and oxygen atoms in total. The van der Waals surface area contributed by atoms with Crippen molar-refractivity contribution in [3.05, 3.63) is 35.9 Å². The van der Waals surface area contributed by atoms with Crippen LogP contribution in [0.15, 0.2) is 30.3 Å². The third kappa shape index (κ3) is 16.0. The van der Waals surface area contributed by atoms with Crippen molar-refractivity contribution in [2.75, 3.05) is 26.3 Å². The first kappa shape index (κ1) is 43.3. The van der Waals surface area contributed by atoms with Crippen molar-refractivity contribution < 1.29 is 122 Å². The number of nitrogens with one attached hydrogen (secondary N) is 1. The van der Waals surface area contributed by atoms with E-state index in [1.807, 2.05) is 0 Å². The molecule has 1 heterocycles. The molecular formula is C19H26N2NaO21S4+. The first-order chi connectivity index (χ1) is 21.0. The summed E-state index contributed by atoms with van der Waals surface area (Å²) in [6.45, 7) is -2.56. The van der Waals surface area contributed by atoms with Crippen molar-refractivity contribution in [3.63, 3.8) is 0 Å². The molecule has 0 bridgehead atoms. The summed E-state index contributed by atoms with van der Waals surface area (Å²) in [5, 5.41) is 2.21. The van der Waals surface area contributed by atoms with Crippen LogP contribution in [0, 0.1) is 0 Å². The molecule has 1 aliphatic heterocycles. The van der Waals surface area contributed by atoms with E-state index in [-0.39, 0.29) is 35.1 Å². The first-order valence-electron chi connectivity index (χ1n) is 12.0. The van der Waals surface area contributed by atoms with Crippen LogP contribution in [0.1, 0.15) is 17.3 Å². The number of ether oxygens (including phenoxy) is 2. The molecule has 1 aromatic rings. The molecule has 3 amide bonds. The average molecular weight is 770 g/mol. The molecule has 5 N–H and O–H groups in total. The maximum Gasteiger partial charge on any atom is 1.00 e. The van der Waals surface area contributed by atoms with Gasteiger partial charge in [-0.25, -0.2) is 16.7 Å². The Morgan fingerprint density at radius 1 is 0.809 bits per heavy atom. The zero-order chi connectivity index (χ0) is 35.1. The van der Waals surface area contributed by atoms with E-state index < -0.39 is 116 Å². The molecule has 0 radical (unpaired) electrons. The average Bonchev–Trinajstić information content (AvgIpc) is 2.89. The fraction of sp³-hybridized carbons (Fsp3) is 0.526. The summed E-state index contributed by atoms with van der Waals surface area (Å²) in [4.78, 5) is 37.6. The molecule has 47 heavy (non-hydrogen) atoms. The monoisotopic (exact) mass is 769 g/mol. The fourth-order valence-corrected chi connectivity index (χ4v) is 5.48. The number of imide groups is 1. The van der Waals surface area contributed by atoms with Gasteiger partial charge in [-0.1, -0.05) is 18.2 Å². The molecule has 262 valence electrons. The van der Waals surface area contributed by atoms with Crippen LogP contribution in [-0.4, -0.2) is 132 Å². The van der Waals surface area contributed by atoms with Crippen LogP contribution in [0.25, 0.3) is 0 Å². The van der Waals surface area contributed by atoms with E-state index >= 15 is 0 Å². The zero-order valence-corrected chi connectivity index (χ0v) is 29.2. The van der Waals surface area contributed by atoms with Gasteiger partial charge in [0.05, 0.1) is 13.2 Å². The number of carbonyl (C=O) groups excluding carboxylic acids is 3. The van der Waals surface area contributed by atoms with Crippen LogP contribution >= 0.6 is 0 Å². The van der Waals surface area contributed by atoms with Crippen molar-refractivity contribution >= 4 is 59.3 Å². The van der Waals surface area contributed by atoms with Crippen LogP contribution in [0.4, 0.5) is 0 Å². The first-order valence-corrected chi connectivity index (χ1v) is 17.4. The van der Waals surface area contributed by atoms with E-state index in [1.165, 1.54) is 24.3 Å². The van der Waals surface area contributed by atoms with E-state index in [9.17, 15) is 57.2 Å². The van der Waals surface area contributed by atoms with Gasteiger partial charge >= 0.3 is 71.2 Å². The second-order valence-corrected chi connectivity index (χ2v) is 13.0. The van der Waals surface area contributed by atoms with E-state index in [4.69, 9.17) is 18.6 Å². The van der Waals surface area contributed by atoms with Crippen molar-refractivity contribution in [3.8, 4) is 0 Å². The van der Waals surface area contributed by atoms with Gasteiger partial charge in [0.15, 0.2) is 12.4 Å². The Morgan fingerprint density at radius 2 is 1.32 bits per heavy atom. The minimum atomic E-state index is -5.72. The molecule has 0 aliphatic carbocycles. The van der Waals surface area contributed by atoms with Crippen molar-refractivity contribution in [1.82, 2.24) is 10.2 Å². The van der Waals surface area contributed by atoms with Crippen molar-refractivity contribution in [2.24, 2.45) is 0 Å². The second kappa shape index (κ2) is 17.8. The predicted octanol–water partition coefficient (Wildman–Crippen LogP) is -6.08. The van der Waals surface area contributed by atoms with E-state index in [0.29, 0.717) is 4.90 Å². The standard InChI is InChI=1S/C19H26N2O21S4.Na/c1-11(22)21(18(24)12-5-3-2-4-6-12)9-14(23)20-7-8-37-19-17(42-46(34,35)36)16(41-45(31,32)33)15(40-44(28,29)30)13(39-19)10-38-43(25,26)27;/h2-6,13,15-17,19H,7-10H2,1H3,(H,20,23)(H,25,26,27)(H,28,29,30)(H,31,32,33)(H,34,35,36);/q;+1/t13-,15-,16+,17+,19-;/m1./s1. The maximum absolute atomic E-state index is 12.6. The van der Waals surface area contributed by atoms with Gasteiger partial charge in [-0.3, -0.25) is 37.5 Å². The molecule has 1 saturated heterocycles. The van der Waals surface area contributed by atoms with Crippen LogP contribution in [0.2, 0.25) is 0 Å². The molecule has 1 aliphatic rings. The van der Waals surface area contributed by atoms with Crippen LogP contribution in [0.5, 0.6) is 0 Å². The summed E-state index contributed by atoms with van der Waals surface area (Å²) in [5.41, 5.74) is 0.0821. The van der Waals surface area contributed by atoms with Gasteiger partial charge in [0, 0.05) is 19.0 Å². The molecule has 1 fully saturated rings. The largest absolute Gasteiger partial charge is 1.00 e. The third-order valence-corrected chi connectivity index (χ3v) is 7.15. The normalized spacial score (nSPS) is 22.1. The Labute approximate surface area is 289 Å². The molecule has 28 heteroatoms. The Balaban J connectivity index is 0.0000110.